The minimum Gasteiger partial charge on any atom is -0.336 e. The molecular formula is C27H24FN5O2. The lowest BCUT2D eigenvalue weighted by atomic mass is 10.0. The van der Waals surface area contributed by atoms with Crippen LogP contribution in [0.5, 0.6) is 0 Å². The number of anilines is 1. The molecule has 3 heterocycles. The van der Waals surface area contributed by atoms with Gasteiger partial charge in [0.1, 0.15) is 5.82 Å². The summed E-state index contributed by atoms with van der Waals surface area (Å²) in [6.45, 7) is 2.32. The summed E-state index contributed by atoms with van der Waals surface area (Å²) in [6.07, 6.45) is 1.71. The predicted molar refractivity (Wildman–Crippen MR) is 132 cm³/mol. The van der Waals surface area contributed by atoms with Crippen LogP contribution >= 0.6 is 0 Å². The Morgan fingerprint density at radius 3 is 2.46 bits per heavy atom. The van der Waals surface area contributed by atoms with Gasteiger partial charge in [-0.15, -0.1) is 0 Å². The van der Waals surface area contributed by atoms with Crippen molar-refractivity contribution in [3.8, 4) is 11.4 Å². The molecule has 7 nitrogen and oxygen atoms in total. The van der Waals surface area contributed by atoms with Gasteiger partial charge in [-0.05, 0) is 42.5 Å². The van der Waals surface area contributed by atoms with E-state index in [9.17, 15) is 14.0 Å². The standard InChI is InChI=1S/C27H24FN5O2/c28-19-6-5-7-20(16-19)30-26(34)18-32-12-14-33(15-13-32)27(35)22-17-25(24-10-3-4-11-29-24)31-23-9-2-1-8-21(22)23/h1-11,16-17H,12-15,18H2,(H,30,34). The summed E-state index contributed by atoms with van der Waals surface area (Å²) in [4.78, 5) is 38.8. The van der Waals surface area contributed by atoms with Gasteiger partial charge in [0.05, 0.1) is 29.0 Å². The van der Waals surface area contributed by atoms with Gasteiger partial charge in [-0.1, -0.05) is 30.3 Å². The maximum Gasteiger partial charge on any atom is 0.254 e. The van der Waals surface area contributed by atoms with Crippen LogP contribution < -0.4 is 5.32 Å². The van der Waals surface area contributed by atoms with E-state index in [4.69, 9.17) is 4.98 Å². The van der Waals surface area contributed by atoms with Crippen molar-refractivity contribution >= 4 is 28.4 Å². The Hall–Kier alpha value is -4.17. The maximum atomic E-state index is 13.5. The van der Waals surface area contributed by atoms with Crippen LogP contribution in [-0.2, 0) is 4.79 Å². The lowest BCUT2D eigenvalue weighted by molar-refractivity contribution is -0.117. The van der Waals surface area contributed by atoms with E-state index in [1.165, 1.54) is 12.1 Å². The minimum atomic E-state index is -0.398. The average Bonchev–Trinajstić information content (AvgIpc) is 2.88. The first-order valence-corrected chi connectivity index (χ1v) is 11.4. The van der Waals surface area contributed by atoms with Crippen LogP contribution in [0.3, 0.4) is 0 Å². The summed E-state index contributed by atoms with van der Waals surface area (Å²) < 4.78 is 13.3. The van der Waals surface area contributed by atoms with Crippen LogP contribution in [0.1, 0.15) is 10.4 Å². The van der Waals surface area contributed by atoms with Gasteiger partial charge in [-0.3, -0.25) is 19.5 Å². The Morgan fingerprint density at radius 1 is 0.886 bits per heavy atom. The van der Waals surface area contributed by atoms with Gasteiger partial charge >= 0.3 is 0 Å². The second-order valence-corrected chi connectivity index (χ2v) is 8.41. The van der Waals surface area contributed by atoms with E-state index in [-0.39, 0.29) is 18.4 Å². The fourth-order valence-corrected chi connectivity index (χ4v) is 4.25. The number of rotatable bonds is 5. The zero-order valence-electron chi connectivity index (χ0n) is 19.0. The molecule has 0 aliphatic carbocycles. The number of para-hydroxylation sites is 1. The molecular weight excluding hydrogens is 445 g/mol. The molecule has 2 aromatic heterocycles. The van der Waals surface area contributed by atoms with Crippen molar-refractivity contribution in [1.82, 2.24) is 19.8 Å². The minimum absolute atomic E-state index is 0.0651. The summed E-state index contributed by atoms with van der Waals surface area (Å²) in [5.74, 6) is -0.676. The number of fused-ring (bicyclic) bond motifs is 1. The van der Waals surface area contributed by atoms with Crippen LogP contribution in [0.4, 0.5) is 10.1 Å². The van der Waals surface area contributed by atoms with E-state index < -0.39 is 5.82 Å². The fraction of sp³-hybridized carbons (Fsp3) is 0.185. The van der Waals surface area contributed by atoms with E-state index in [0.717, 1.165) is 10.9 Å². The molecule has 2 amide bonds. The highest BCUT2D eigenvalue weighted by Crippen LogP contribution is 2.25. The summed E-state index contributed by atoms with van der Waals surface area (Å²) in [6, 6.07) is 20.8. The number of hydrogen-bond donors (Lipinski definition) is 1. The first kappa shape index (κ1) is 22.6. The number of aromatic nitrogens is 2. The largest absolute Gasteiger partial charge is 0.336 e. The summed E-state index contributed by atoms with van der Waals surface area (Å²) in [7, 11) is 0. The molecule has 1 saturated heterocycles. The molecule has 0 spiro atoms. The van der Waals surface area contributed by atoms with Gasteiger partial charge in [0.25, 0.3) is 5.91 Å². The Labute approximate surface area is 202 Å². The topological polar surface area (TPSA) is 78.4 Å². The lowest BCUT2D eigenvalue weighted by Crippen LogP contribution is -2.50. The molecule has 1 aliphatic heterocycles. The number of pyridine rings is 2. The highest BCUT2D eigenvalue weighted by Gasteiger charge is 2.25. The molecule has 4 aromatic rings. The Bertz CT molecular complexity index is 1370. The summed E-state index contributed by atoms with van der Waals surface area (Å²) >= 11 is 0. The molecule has 0 atom stereocenters. The lowest BCUT2D eigenvalue weighted by Gasteiger charge is -2.34. The monoisotopic (exact) mass is 469 g/mol. The van der Waals surface area contributed by atoms with Crippen LogP contribution in [0, 0.1) is 5.82 Å². The normalized spacial score (nSPS) is 14.1. The Kier molecular flexibility index (Phi) is 6.45. The van der Waals surface area contributed by atoms with Crippen LogP contribution in [0.15, 0.2) is 79.0 Å². The van der Waals surface area contributed by atoms with Gasteiger partial charge in [-0.2, -0.15) is 0 Å². The Balaban J connectivity index is 1.28. The number of halogens is 1. The molecule has 2 aromatic carbocycles. The van der Waals surface area contributed by atoms with Gasteiger partial charge in [-0.25, -0.2) is 9.37 Å². The SMILES string of the molecule is O=C(CN1CCN(C(=O)c2cc(-c3ccccn3)nc3ccccc23)CC1)Nc1cccc(F)c1. The van der Waals surface area contributed by atoms with Crippen molar-refractivity contribution in [2.24, 2.45) is 0 Å². The molecule has 8 heteroatoms. The van der Waals surface area contributed by atoms with Crippen LogP contribution in [-0.4, -0.2) is 64.3 Å². The maximum absolute atomic E-state index is 13.5. The quantitative estimate of drug-likeness (QED) is 0.481. The number of benzene rings is 2. The van der Waals surface area contributed by atoms with E-state index in [1.807, 2.05) is 58.3 Å². The summed E-state index contributed by atoms with van der Waals surface area (Å²) in [5, 5.41) is 3.52. The van der Waals surface area contributed by atoms with E-state index in [0.29, 0.717) is 48.8 Å². The van der Waals surface area contributed by atoms with Gasteiger partial charge < -0.3 is 10.2 Å². The van der Waals surface area contributed by atoms with Gasteiger partial charge in [0, 0.05) is 43.4 Å². The molecule has 0 bridgehead atoms. The molecule has 1 fully saturated rings. The van der Waals surface area contributed by atoms with Crippen molar-refractivity contribution in [3.05, 3.63) is 90.4 Å². The second kappa shape index (κ2) is 9.99. The molecule has 0 unspecified atom stereocenters. The molecule has 35 heavy (non-hydrogen) atoms. The third-order valence-corrected chi connectivity index (χ3v) is 6.01. The number of carbonyl (C=O) groups is 2. The van der Waals surface area contributed by atoms with Crippen molar-refractivity contribution in [2.45, 2.75) is 0 Å². The molecule has 5 rings (SSSR count). The first-order valence-electron chi connectivity index (χ1n) is 11.4. The Morgan fingerprint density at radius 2 is 1.69 bits per heavy atom. The molecule has 176 valence electrons. The number of carbonyl (C=O) groups excluding carboxylic acids is 2. The predicted octanol–water partition coefficient (Wildman–Crippen LogP) is 3.83. The number of hydrogen-bond acceptors (Lipinski definition) is 5. The van der Waals surface area contributed by atoms with Gasteiger partial charge in [0.2, 0.25) is 5.91 Å². The highest BCUT2D eigenvalue weighted by molar-refractivity contribution is 6.07. The van der Waals surface area contributed by atoms with E-state index >= 15 is 0 Å². The van der Waals surface area contributed by atoms with Gasteiger partial charge in [0.15, 0.2) is 0 Å². The zero-order chi connectivity index (χ0) is 24.2. The molecule has 1 aliphatic rings. The fourth-order valence-electron chi connectivity index (χ4n) is 4.25. The highest BCUT2D eigenvalue weighted by atomic mass is 19.1. The van der Waals surface area contributed by atoms with E-state index in [2.05, 4.69) is 10.3 Å². The van der Waals surface area contributed by atoms with Crippen molar-refractivity contribution in [3.63, 3.8) is 0 Å². The van der Waals surface area contributed by atoms with E-state index in [1.54, 1.807) is 18.3 Å². The second-order valence-electron chi connectivity index (χ2n) is 8.41. The average molecular weight is 470 g/mol. The van der Waals surface area contributed by atoms with Crippen molar-refractivity contribution < 1.29 is 14.0 Å². The van der Waals surface area contributed by atoms with Crippen molar-refractivity contribution in [1.29, 1.82) is 0 Å². The molecule has 0 radical (unpaired) electrons. The molecule has 1 N–H and O–H groups in total. The smallest absolute Gasteiger partial charge is 0.254 e. The number of amides is 2. The zero-order valence-corrected chi connectivity index (χ0v) is 19.0. The number of nitrogens with one attached hydrogen (secondary N) is 1. The van der Waals surface area contributed by atoms with Crippen molar-refractivity contribution in [2.75, 3.05) is 38.0 Å². The molecule has 0 saturated carbocycles. The number of piperazine rings is 1. The number of nitrogens with zero attached hydrogens (tertiary/aromatic N) is 4. The van der Waals surface area contributed by atoms with Crippen LogP contribution in [0.25, 0.3) is 22.3 Å². The third-order valence-electron chi connectivity index (χ3n) is 6.01. The van der Waals surface area contributed by atoms with Crippen LogP contribution in [0.2, 0.25) is 0 Å². The summed E-state index contributed by atoms with van der Waals surface area (Å²) in [5.41, 5.74) is 3.12. The third kappa shape index (κ3) is 5.17. The first-order chi connectivity index (χ1) is 17.1.